The van der Waals surface area contributed by atoms with Gasteiger partial charge in [0.2, 0.25) is 11.3 Å². The number of nitrogens with zero attached hydrogens (tertiary/aromatic N) is 10. The van der Waals surface area contributed by atoms with Crippen molar-refractivity contribution in [2.45, 2.75) is 127 Å². The van der Waals surface area contributed by atoms with E-state index in [9.17, 15) is 33.9 Å². The molecule has 2 aliphatic rings. The van der Waals surface area contributed by atoms with Crippen LogP contribution in [0.25, 0.3) is 54.6 Å². The van der Waals surface area contributed by atoms with Crippen LogP contribution < -0.4 is 40.3 Å². The number of rotatable bonds is 29. The molecule has 5 aromatic heterocycles. The zero-order valence-corrected chi connectivity index (χ0v) is 74.4. The second kappa shape index (κ2) is 43.4. The summed E-state index contributed by atoms with van der Waals surface area (Å²) in [4.78, 5) is 90.5. The zero-order chi connectivity index (χ0) is 87.3. The van der Waals surface area contributed by atoms with Gasteiger partial charge in [-0.05, 0) is 184 Å². The van der Waals surface area contributed by atoms with Crippen molar-refractivity contribution in [1.29, 1.82) is 0 Å². The van der Waals surface area contributed by atoms with E-state index in [1.807, 2.05) is 187 Å². The van der Waals surface area contributed by atoms with Crippen molar-refractivity contribution in [3.8, 4) is 22.9 Å². The number of carbonyl (C=O) groups is 4. The maximum absolute atomic E-state index is 13.6. The van der Waals surface area contributed by atoms with Crippen molar-refractivity contribution in [3.63, 3.8) is 0 Å². The Kier molecular flexibility index (Phi) is 32.5. The Morgan fingerprint density at radius 1 is 0.721 bits per heavy atom. The number of likely N-dealkylation sites (N-methyl/N-ethyl adjacent to an activating group) is 1. The molecule has 14 rings (SSSR count). The highest BCUT2D eigenvalue weighted by molar-refractivity contribution is 7.16. The number of ketones is 2. The maximum Gasteiger partial charge on any atom is 0.310 e. The Morgan fingerprint density at radius 2 is 1.41 bits per heavy atom. The number of carbonyl (C=O) groups excluding carboxylic acids is 4. The standard InChI is InChI=1S/C30H40N2O4.C27H30N2O4.C26H28ClN5O2.C15H18N2OS/c1-21(2)16-31(17-22(3)4)19-25(33)20-32-18-24(26-9-7-8-10-27(26)32)11-13-28(34)23-12-14-29(35-5)30(15-23)36-6;1-4-32-21-12-13-24-22(15-21)25(29-14-6-7-20(17-29)27(31)33-5-2)23(16-28-24)26(30)19-10-8-18(3)9-11-19;1-17-10-12-21(13-11-17)32-19(3)24-18(2)29-31(26(34)25(24)30-32)16-6-9-23(33)28-15-14-20-7-4-5-8-22(20)27;1-11-3-4-14-12(9-11)15(18)13(10-19-14)17-7-5-16(2)6-8-17/h7-15,18,21-22,25,33H,16-17,19-20H2,1-6H3;8-13,15-16,20H,4-7,14,17H2,1-3H3;4-5,7-8,10-13H,6,9,14-16H2,1-3H3,(H,28,33);3-4,9-10H,5-8H2,1-2H3/b13-11+;;;. The molecular formula is C98H116ClN11O11S. The van der Waals surface area contributed by atoms with Crippen LogP contribution in [0.5, 0.6) is 17.2 Å². The molecule has 2 fully saturated rings. The molecule has 2 aliphatic heterocycles. The van der Waals surface area contributed by atoms with Crippen LogP contribution in [0.3, 0.4) is 0 Å². The second-order valence-electron chi connectivity index (χ2n) is 32.3. The second-order valence-corrected chi connectivity index (χ2v) is 33.6. The first-order valence-electron chi connectivity index (χ1n) is 42.2. The first-order valence-corrected chi connectivity index (χ1v) is 43.5. The van der Waals surface area contributed by atoms with Gasteiger partial charge < -0.3 is 53.5 Å². The Labute approximate surface area is 724 Å². The first kappa shape index (κ1) is 91.4. The lowest BCUT2D eigenvalue weighted by Crippen LogP contribution is -2.45. The minimum Gasteiger partial charge on any atom is -0.494 e. The number of pyridine rings is 1. The number of piperazine rings is 1. The highest BCUT2D eigenvalue weighted by atomic mass is 35.5. The molecule has 122 heavy (non-hydrogen) atoms. The molecule has 22 nitrogen and oxygen atoms in total. The average molecular weight is 1690 g/mol. The molecule has 7 aromatic carbocycles. The topological polar surface area (TPSA) is 238 Å². The Morgan fingerprint density at radius 3 is 2.11 bits per heavy atom. The van der Waals surface area contributed by atoms with Crippen LogP contribution >= 0.6 is 22.9 Å². The summed E-state index contributed by atoms with van der Waals surface area (Å²) in [7, 11) is 5.25. The van der Waals surface area contributed by atoms with Gasteiger partial charge in [0.25, 0.3) is 5.56 Å². The number of aliphatic hydroxyl groups excluding tert-OH is 1. The number of piperidine rings is 1. The van der Waals surface area contributed by atoms with Gasteiger partial charge in [-0.3, -0.25) is 33.8 Å². The molecule has 0 aliphatic carbocycles. The summed E-state index contributed by atoms with van der Waals surface area (Å²) in [6.07, 6.45) is 9.72. The molecule has 0 radical (unpaired) electrons. The quantitative estimate of drug-likeness (QED) is 0.0252. The van der Waals surface area contributed by atoms with E-state index < -0.39 is 6.10 Å². The lowest BCUT2D eigenvalue weighted by Gasteiger charge is -2.35. The van der Waals surface area contributed by atoms with Crippen LogP contribution in [0.2, 0.25) is 5.02 Å². The molecular weight excluding hydrogens is 1570 g/mol. The molecule has 2 atom stereocenters. The molecule has 2 saturated heterocycles. The average Bonchev–Trinajstić information content (AvgIpc) is 1.55. The minimum atomic E-state index is -0.497. The van der Waals surface area contributed by atoms with Gasteiger partial charge in [0.1, 0.15) is 5.75 Å². The summed E-state index contributed by atoms with van der Waals surface area (Å²) in [6.45, 7) is 32.5. The number of aryl methyl sites for hydroxylation is 6. The summed E-state index contributed by atoms with van der Waals surface area (Å²) in [5.74, 6) is 2.26. The third-order valence-electron chi connectivity index (χ3n) is 21.7. The van der Waals surface area contributed by atoms with Crippen LogP contribution in [0.4, 0.5) is 11.4 Å². The van der Waals surface area contributed by atoms with Crippen LogP contribution in [0.1, 0.15) is 133 Å². The molecule has 0 saturated carbocycles. The van der Waals surface area contributed by atoms with E-state index in [0.717, 1.165) is 158 Å². The fourth-order valence-corrected chi connectivity index (χ4v) is 16.8. The number of anilines is 2. The van der Waals surface area contributed by atoms with Crippen LogP contribution in [-0.4, -0.2) is 173 Å². The van der Waals surface area contributed by atoms with Crippen molar-refractivity contribution in [2.24, 2.45) is 17.8 Å². The molecule has 2 unspecified atom stereocenters. The number of nitrogens with one attached hydrogen (secondary N) is 1. The normalized spacial score (nSPS) is 13.9. The van der Waals surface area contributed by atoms with Crippen molar-refractivity contribution in [1.82, 2.24) is 44.2 Å². The number of benzene rings is 7. The molecule has 12 aromatic rings. The number of allylic oxidation sites excluding steroid dienone is 1. The summed E-state index contributed by atoms with van der Waals surface area (Å²) in [5, 5.41) is 29.2. The van der Waals surface area contributed by atoms with Crippen LogP contribution in [0.15, 0.2) is 185 Å². The van der Waals surface area contributed by atoms with Gasteiger partial charge in [-0.1, -0.05) is 135 Å². The van der Waals surface area contributed by atoms with Gasteiger partial charge in [-0.2, -0.15) is 10.2 Å². The van der Waals surface area contributed by atoms with Gasteiger partial charge >= 0.3 is 5.97 Å². The number of halogens is 1. The van der Waals surface area contributed by atoms with Gasteiger partial charge in [0.05, 0.1) is 84.4 Å². The number of hydrogen-bond donors (Lipinski definition) is 2. The van der Waals surface area contributed by atoms with E-state index in [1.165, 1.54) is 4.68 Å². The number of aliphatic hydroxyl groups is 1. The van der Waals surface area contributed by atoms with Crippen molar-refractivity contribution in [2.75, 3.05) is 110 Å². The predicted molar refractivity (Wildman–Crippen MR) is 493 cm³/mol. The smallest absolute Gasteiger partial charge is 0.310 e. The molecule has 2 N–H and O–H groups in total. The number of esters is 1. The van der Waals surface area contributed by atoms with Crippen molar-refractivity contribution in [3.05, 3.63) is 257 Å². The minimum absolute atomic E-state index is 0.0580. The number of para-hydroxylation sites is 1. The summed E-state index contributed by atoms with van der Waals surface area (Å²) in [6, 6.07) is 48.3. The maximum atomic E-state index is 13.6. The first-order chi connectivity index (χ1) is 58.7. The summed E-state index contributed by atoms with van der Waals surface area (Å²) >= 11 is 7.82. The number of fused-ring (bicyclic) bond motifs is 4. The van der Waals surface area contributed by atoms with E-state index in [2.05, 4.69) is 91.5 Å². The third kappa shape index (κ3) is 23.7. The molecule has 0 bridgehead atoms. The van der Waals surface area contributed by atoms with E-state index in [1.54, 1.807) is 60.7 Å². The van der Waals surface area contributed by atoms with E-state index in [-0.39, 0.29) is 40.3 Å². The number of amides is 1. The predicted octanol–water partition coefficient (Wildman–Crippen LogP) is 17.1. The third-order valence-corrected chi connectivity index (χ3v) is 23.0. The molecule has 642 valence electrons. The van der Waals surface area contributed by atoms with E-state index >= 15 is 0 Å². The van der Waals surface area contributed by atoms with Gasteiger partial charge in [0, 0.05) is 151 Å². The highest BCUT2D eigenvalue weighted by Crippen LogP contribution is 2.38. The monoisotopic (exact) mass is 1690 g/mol. The van der Waals surface area contributed by atoms with E-state index in [4.69, 9.17) is 30.5 Å². The molecule has 7 heterocycles. The zero-order valence-electron chi connectivity index (χ0n) is 72.9. The van der Waals surface area contributed by atoms with Crippen LogP contribution in [0, 0.1) is 52.4 Å². The van der Waals surface area contributed by atoms with Crippen LogP contribution in [-0.2, 0) is 33.8 Å². The highest BCUT2D eigenvalue weighted by Gasteiger charge is 2.32. The molecule has 24 heteroatoms. The number of methoxy groups -OCH3 is 2. The van der Waals surface area contributed by atoms with Gasteiger partial charge in [-0.15, -0.1) is 11.3 Å². The van der Waals surface area contributed by atoms with Gasteiger partial charge in [-0.25, -0.2) is 9.36 Å². The van der Waals surface area contributed by atoms with E-state index in [0.29, 0.717) is 116 Å². The van der Waals surface area contributed by atoms with Crippen molar-refractivity contribution >= 4 is 107 Å². The van der Waals surface area contributed by atoms with Crippen molar-refractivity contribution < 1.29 is 43.2 Å². The number of aromatic nitrogens is 6. The fourth-order valence-electron chi connectivity index (χ4n) is 15.7. The summed E-state index contributed by atoms with van der Waals surface area (Å²) < 4.78 is 28.0. The lowest BCUT2D eigenvalue weighted by molar-refractivity contribution is -0.148. The Balaban J connectivity index is 0.000000162. The number of hydrogen-bond acceptors (Lipinski definition) is 19. The SMILES string of the molecule is CCOC(=O)C1CCCN(c2c(C(=O)c3ccc(C)cc3)cnc3ccc(OCC)cc23)C1.COc1ccc(C(=O)/C=C/c2cn(CC(O)CN(CC(C)C)CC(C)C)c3ccccc23)cc1OC.Cc1ccc(-n2nc3c(=O)n(CCCC(=O)NCCc4ccccc4Cl)nc(C)c3c2C)cc1.Cc1ccc2scc(N3CCN(C)CC3)c(=O)c2c1. The number of ether oxygens (including phenoxy) is 4. The molecule has 1 amide bonds. The largest absolute Gasteiger partial charge is 0.494 e. The Hall–Kier alpha value is -11.3. The summed E-state index contributed by atoms with van der Waals surface area (Å²) in [5.41, 5.74) is 13.4. The lowest BCUT2D eigenvalue weighted by atomic mass is 9.94. The fraction of sp³-hybridized carbons (Fsp3) is 0.378. The Bertz CT molecular complexity index is 5760. The molecule has 0 spiro atoms. The van der Waals surface area contributed by atoms with Gasteiger partial charge in [0.15, 0.2) is 28.6 Å².